The van der Waals surface area contributed by atoms with Crippen molar-refractivity contribution in [3.05, 3.63) is 64.1 Å². The molecule has 2 fully saturated rings. The third-order valence-corrected chi connectivity index (χ3v) is 6.32. The van der Waals surface area contributed by atoms with Gasteiger partial charge in [-0.15, -0.1) is 0 Å². The molecule has 2 atom stereocenters. The van der Waals surface area contributed by atoms with Gasteiger partial charge in [0.1, 0.15) is 11.6 Å². The number of H-pyrrole nitrogens is 1. The fourth-order valence-corrected chi connectivity index (χ4v) is 4.73. The van der Waals surface area contributed by atoms with E-state index in [2.05, 4.69) is 46.1 Å². The topological polar surface area (TPSA) is 75.5 Å². The van der Waals surface area contributed by atoms with Crippen LogP contribution in [0.2, 0.25) is 0 Å². The van der Waals surface area contributed by atoms with Crippen LogP contribution in [0.5, 0.6) is 0 Å². The van der Waals surface area contributed by atoms with E-state index in [1.807, 2.05) is 6.07 Å². The molecule has 2 aromatic heterocycles. The smallest absolute Gasteiger partial charge is 0.276 e. The van der Waals surface area contributed by atoms with Crippen molar-refractivity contribution in [2.75, 3.05) is 26.3 Å². The Morgan fingerprint density at radius 3 is 2.76 bits per heavy atom. The summed E-state index contributed by atoms with van der Waals surface area (Å²) in [5, 5.41) is 4.88. The van der Waals surface area contributed by atoms with E-state index in [9.17, 15) is 4.79 Å². The lowest BCUT2D eigenvalue weighted by Crippen LogP contribution is -2.24. The molecule has 1 N–H and O–H groups in total. The Balaban J connectivity index is 1.43. The molecule has 0 bridgehead atoms. The summed E-state index contributed by atoms with van der Waals surface area (Å²) in [6.07, 6.45) is 3.50. The molecule has 0 amide bonds. The standard InChI is InChI=1S/C22H27N5O2/c1-15-12-26(13-16-5-3-2-4-6-16)14-18(15)20-24-22(28)19-11-23-21(27(19)25-20)17-7-9-29-10-8-17/h2-6,11,15,17-18H,7-10,12-14H2,1H3,(H,24,25,28)/t15-,18?/m1/s1. The van der Waals surface area contributed by atoms with E-state index in [0.29, 0.717) is 17.4 Å². The van der Waals surface area contributed by atoms with Gasteiger partial charge in [-0.3, -0.25) is 9.69 Å². The summed E-state index contributed by atoms with van der Waals surface area (Å²) in [6, 6.07) is 10.5. The van der Waals surface area contributed by atoms with Gasteiger partial charge in [0.2, 0.25) is 0 Å². The van der Waals surface area contributed by atoms with Crippen molar-refractivity contribution in [2.45, 2.75) is 38.1 Å². The van der Waals surface area contributed by atoms with Crippen LogP contribution in [0.3, 0.4) is 0 Å². The third kappa shape index (κ3) is 3.60. The minimum absolute atomic E-state index is 0.102. The van der Waals surface area contributed by atoms with Crippen LogP contribution in [0.1, 0.15) is 48.8 Å². The van der Waals surface area contributed by atoms with E-state index in [1.165, 1.54) is 5.56 Å². The molecule has 0 aliphatic carbocycles. The zero-order valence-corrected chi connectivity index (χ0v) is 16.8. The summed E-state index contributed by atoms with van der Waals surface area (Å²) >= 11 is 0. The molecule has 152 valence electrons. The lowest BCUT2D eigenvalue weighted by molar-refractivity contribution is 0.0832. The lowest BCUT2D eigenvalue weighted by atomic mass is 9.97. The largest absolute Gasteiger partial charge is 0.381 e. The minimum atomic E-state index is -0.102. The number of ether oxygens (including phenoxy) is 1. The van der Waals surface area contributed by atoms with Crippen LogP contribution in [0.4, 0.5) is 0 Å². The van der Waals surface area contributed by atoms with E-state index in [0.717, 1.165) is 57.3 Å². The number of aromatic amines is 1. The maximum Gasteiger partial charge on any atom is 0.276 e. The summed E-state index contributed by atoms with van der Waals surface area (Å²) in [6.45, 7) is 6.54. The summed E-state index contributed by atoms with van der Waals surface area (Å²) < 4.78 is 7.27. The number of imidazole rings is 1. The van der Waals surface area contributed by atoms with Crippen molar-refractivity contribution >= 4 is 5.52 Å². The van der Waals surface area contributed by atoms with Gasteiger partial charge in [-0.25, -0.2) is 9.50 Å². The Morgan fingerprint density at radius 1 is 1.17 bits per heavy atom. The summed E-state index contributed by atoms with van der Waals surface area (Å²) in [5.74, 6) is 2.60. The first-order valence-corrected chi connectivity index (χ1v) is 10.5. The van der Waals surface area contributed by atoms with Crippen LogP contribution >= 0.6 is 0 Å². The van der Waals surface area contributed by atoms with Gasteiger partial charge in [-0.1, -0.05) is 37.3 Å². The van der Waals surface area contributed by atoms with Crippen molar-refractivity contribution in [1.29, 1.82) is 0 Å². The van der Waals surface area contributed by atoms with Crippen LogP contribution in [0, 0.1) is 5.92 Å². The Morgan fingerprint density at radius 2 is 1.97 bits per heavy atom. The number of nitrogens with one attached hydrogen (secondary N) is 1. The predicted octanol–water partition coefficient (Wildman–Crippen LogP) is 2.55. The molecule has 29 heavy (non-hydrogen) atoms. The molecular formula is C22H27N5O2. The highest BCUT2D eigenvalue weighted by Gasteiger charge is 2.33. The van der Waals surface area contributed by atoms with Crippen LogP contribution < -0.4 is 5.56 Å². The second kappa shape index (κ2) is 7.72. The van der Waals surface area contributed by atoms with Crippen molar-refractivity contribution in [3.63, 3.8) is 0 Å². The SMILES string of the molecule is C[C@@H]1CN(Cc2ccccc2)CC1c1nn2c(C3CCOCC3)ncc2c(=O)[nH]1. The van der Waals surface area contributed by atoms with E-state index >= 15 is 0 Å². The van der Waals surface area contributed by atoms with E-state index in [4.69, 9.17) is 9.84 Å². The fourth-order valence-electron chi connectivity index (χ4n) is 4.73. The number of rotatable bonds is 4. The van der Waals surface area contributed by atoms with Gasteiger partial charge >= 0.3 is 0 Å². The number of hydrogen-bond donors (Lipinski definition) is 1. The molecule has 7 nitrogen and oxygen atoms in total. The highest BCUT2D eigenvalue weighted by atomic mass is 16.5. The fraction of sp³-hybridized carbons (Fsp3) is 0.500. The summed E-state index contributed by atoms with van der Waals surface area (Å²) in [7, 11) is 0. The molecule has 1 unspecified atom stereocenters. The van der Waals surface area contributed by atoms with E-state index in [-0.39, 0.29) is 11.5 Å². The molecular weight excluding hydrogens is 366 g/mol. The summed E-state index contributed by atoms with van der Waals surface area (Å²) in [5.41, 5.74) is 1.74. The van der Waals surface area contributed by atoms with Gasteiger partial charge in [-0.2, -0.15) is 5.10 Å². The number of likely N-dealkylation sites (tertiary alicyclic amines) is 1. The normalized spacial score (nSPS) is 23.8. The van der Waals surface area contributed by atoms with Crippen molar-refractivity contribution in [1.82, 2.24) is 24.5 Å². The Hall–Kier alpha value is -2.51. The Labute approximate surface area is 169 Å². The van der Waals surface area contributed by atoms with Crippen molar-refractivity contribution in [2.24, 2.45) is 5.92 Å². The molecule has 1 aromatic carbocycles. The Kier molecular flexibility index (Phi) is 4.93. The molecule has 0 radical (unpaired) electrons. The van der Waals surface area contributed by atoms with Crippen LogP contribution in [-0.4, -0.2) is 50.8 Å². The average molecular weight is 393 g/mol. The van der Waals surface area contributed by atoms with Crippen LogP contribution in [0.25, 0.3) is 5.52 Å². The van der Waals surface area contributed by atoms with Gasteiger partial charge in [0, 0.05) is 44.7 Å². The quantitative estimate of drug-likeness (QED) is 0.737. The van der Waals surface area contributed by atoms with Gasteiger partial charge in [-0.05, 0) is 24.3 Å². The second-order valence-electron chi connectivity index (χ2n) is 8.40. The van der Waals surface area contributed by atoms with Crippen molar-refractivity contribution < 1.29 is 4.74 Å². The number of aromatic nitrogens is 4. The zero-order valence-electron chi connectivity index (χ0n) is 16.8. The molecule has 0 saturated carbocycles. The maximum atomic E-state index is 12.7. The number of fused-ring (bicyclic) bond motifs is 1. The first kappa shape index (κ1) is 18.5. The number of benzene rings is 1. The van der Waals surface area contributed by atoms with Gasteiger partial charge < -0.3 is 9.72 Å². The molecule has 2 aliphatic heterocycles. The molecule has 7 heteroatoms. The molecule has 4 heterocycles. The second-order valence-corrected chi connectivity index (χ2v) is 8.40. The summed E-state index contributed by atoms with van der Waals surface area (Å²) in [4.78, 5) is 22.8. The van der Waals surface area contributed by atoms with Gasteiger partial charge in [0.15, 0.2) is 5.52 Å². The van der Waals surface area contributed by atoms with Crippen LogP contribution in [-0.2, 0) is 11.3 Å². The molecule has 5 rings (SSSR count). The van der Waals surface area contributed by atoms with E-state index < -0.39 is 0 Å². The molecule has 3 aromatic rings. The highest BCUT2D eigenvalue weighted by Crippen LogP contribution is 2.31. The van der Waals surface area contributed by atoms with E-state index in [1.54, 1.807) is 10.7 Å². The first-order valence-electron chi connectivity index (χ1n) is 10.5. The molecule has 2 saturated heterocycles. The number of hydrogen-bond acceptors (Lipinski definition) is 5. The lowest BCUT2D eigenvalue weighted by Gasteiger charge is -2.21. The molecule has 0 spiro atoms. The average Bonchev–Trinajstić information content (AvgIpc) is 3.33. The van der Waals surface area contributed by atoms with Crippen molar-refractivity contribution in [3.8, 4) is 0 Å². The predicted molar refractivity (Wildman–Crippen MR) is 110 cm³/mol. The first-order chi connectivity index (χ1) is 14.2. The highest BCUT2D eigenvalue weighted by molar-refractivity contribution is 5.42. The third-order valence-electron chi connectivity index (χ3n) is 6.32. The Bertz CT molecular complexity index is 1040. The van der Waals surface area contributed by atoms with Crippen LogP contribution in [0.15, 0.2) is 41.3 Å². The van der Waals surface area contributed by atoms with Gasteiger partial charge in [0.05, 0.1) is 6.20 Å². The number of nitrogens with zero attached hydrogens (tertiary/aromatic N) is 4. The molecule has 2 aliphatic rings. The maximum absolute atomic E-state index is 12.7. The minimum Gasteiger partial charge on any atom is -0.381 e. The monoisotopic (exact) mass is 393 g/mol. The zero-order chi connectivity index (χ0) is 19.8. The van der Waals surface area contributed by atoms with Gasteiger partial charge in [0.25, 0.3) is 5.56 Å².